The molecule has 0 radical (unpaired) electrons. The van der Waals surface area contributed by atoms with Crippen molar-refractivity contribution < 1.29 is 8.83 Å². The Bertz CT molecular complexity index is 2370. The summed E-state index contributed by atoms with van der Waals surface area (Å²) in [6.45, 7) is 0. The molecular formula is C42H26O2. The molecule has 0 atom stereocenters. The zero-order chi connectivity index (χ0) is 29.0. The van der Waals surface area contributed by atoms with Crippen molar-refractivity contribution in [3.05, 3.63) is 158 Å². The Balaban J connectivity index is 1.22. The first-order chi connectivity index (χ1) is 21.8. The standard InChI is InChI=1S/C42H26O2/c1-7-18-37-30(10-1)25-39(43-37)27-20-22-28(23-21-27)41-33-14-3-5-16-35(33)42(36-17-6-4-15-34(36)41)32-13-9-12-29(24-32)40-26-31-11-2-8-19-38(31)44-40/h1-26H. The van der Waals surface area contributed by atoms with E-state index in [1.54, 1.807) is 0 Å². The Hall–Kier alpha value is -5.86. The molecule has 0 amide bonds. The fourth-order valence-corrected chi connectivity index (χ4v) is 6.63. The van der Waals surface area contributed by atoms with Crippen molar-refractivity contribution in [1.82, 2.24) is 0 Å². The third-order valence-electron chi connectivity index (χ3n) is 8.68. The number of hydrogen-bond acceptors (Lipinski definition) is 2. The van der Waals surface area contributed by atoms with Crippen molar-refractivity contribution in [3.63, 3.8) is 0 Å². The Morgan fingerprint density at radius 3 is 1.27 bits per heavy atom. The minimum Gasteiger partial charge on any atom is -0.456 e. The monoisotopic (exact) mass is 562 g/mol. The van der Waals surface area contributed by atoms with E-state index in [-0.39, 0.29) is 0 Å². The van der Waals surface area contributed by atoms with Gasteiger partial charge in [-0.3, -0.25) is 0 Å². The molecule has 9 rings (SSSR count). The Labute approximate surface area is 254 Å². The summed E-state index contributed by atoms with van der Waals surface area (Å²) in [6, 6.07) is 55.6. The predicted octanol–water partition coefficient (Wildman–Crippen LogP) is 12.2. The maximum atomic E-state index is 6.25. The van der Waals surface area contributed by atoms with Gasteiger partial charge in [-0.2, -0.15) is 0 Å². The summed E-state index contributed by atoms with van der Waals surface area (Å²) in [4.78, 5) is 0. The van der Waals surface area contributed by atoms with Crippen molar-refractivity contribution in [2.75, 3.05) is 0 Å². The van der Waals surface area contributed by atoms with Crippen LogP contribution in [0.1, 0.15) is 0 Å². The number of benzene rings is 7. The number of fused-ring (bicyclic) bond motifs is 4. The van der Waals surface area contributed by atoms with Gasteiger partial charge in [0.1, 0.15) is 22.7 Å². The second-order valence-corrected chi connectivity index (χ2v) is 11.3. The van der Waals surface area contributed by atoms with Crippen LogP contribution >= 0.6 is 0 Å². The highest BCUT2D eigenvalue weighted by Crippen LogP contribution is 2.44. The second-order valence-electron chi connectivity index (χ2n) is 11.3. The molecular weight excluding hydrogens is 536 g/mol. The normalized spacial score (nSPS) is 11.6. The van der Waals surface area contributed by atoms with Gasteiger partial charge in [0, 0.05) is 21.9 Å². The van der Waals surface area contributed by atoms with E-state index in [1.807, 2.05) is 36.4 Å². The van der Waals surface area contributed by atoms with Gasteiger partial charge in [-0.15, -0.1) is 0 Å². The van der Waals surface area contributed by atoms with Gasteiger partial charge >= 0.3 is 0 Å². The van der Waals surface area contributed by atoms with Crippen LogP contribution < -0.4 is 0 Å². The maximum Gasteiger partial charge on any atom is 0.135 e. The minimum atomic E-state index is 0.878. The van der Waals surface area contributed by atoms with Crippen LogP contribution in [0.4, 0.5) is 0 Å². The van der Waals surface area contributed by atoms with Gasteiger partial charge in [0.05, 0.1) is 0 Å². The van der Waals surface area contributed by atoms with Crippen LogP contribution in [0, 0.1) is 0 Å². The molecule has 44 heavy (non-hydrogen) atoms. The fraction of sp³-hybridized carbons (Fsp3) is 0. The highest BCUT2D eigenvalue weighted by molar-refractivity contribution is 6.21. The molecule has 7 aromatic carbocycles. The summed E-state index contributed by atoms with van der Waals surface area (Å²) < 4.78 is 12.4. The van der Waals surface area contributed by atoms with Gasteiger partial charge in [-0.1, -0.05) is 127 Å². The van der Waals surface area contributed by atoms with E-state index in [0.717, 1.165) is 44.6 Å². The van der Waals surface area contributed by atoms with Gasteiger partial charge in [-0.25, -0.2) is 0 Å². The Morgan fingerprint density at radius 2 is 0.727 bits per heavy atom. The van der Waals surface area contributed by atoms with E-state index in [0.29, 0.717) is 0 Å². The van der Waals surface area contributed by atoms with Crippen LogP contribution in [0.15, 0.2) is 167 Å². The molecule has 9 aromatic rings. The molecule has 206 valence electrons. The lowest BCUT2D eigenvalue weighted by atomic mass is 9.85. The SMILES string of the molecule is c1cc(-c2cc3ccccc3o2)cc(-c2c3ccccc3c(-c3ccc(-c4cc5ccccc5o4)cc3)c3ccccc23)c1. The largest absolute Gasteiger partial charge is 0.456 e. The number of rotatable bonds is 4. The van der Waals surface area contributed by atoms with E-state index in [9.17, 15) is 0 Å². The van der Waals surface area contributed by atoms with Gasteiger partial charge < -0.3 is 8.83 Å². The van der Waals surface area contributed by atoms with Crippen LogP contribution in [0.3, 0.4) is 0 Å². The van der Waals surface area contributed by atoms with Gasteiger partial charge in [0.15, 0.2) is 0 Å². The van der Waals surface area contributed by atoms with Crippen molar-refractivity contribution in [1.29, 1.82) is 0 Å². The summed E-state index contributed by atoms with van der Waals surface area (Å²) in [5.74, 6) is 1.76. The quantitative estimate of drug-likeness (QED) is 0.199. The molecule has 2 heteroatoms. The van der Waals surface area contributed by atoms with E-state index < -0.39 is 0 Å². The molecule has 0 spiro atoms. The van der Waals surface area contributed by atoms with Crippen LogP contribution in [0.25, 0.3) is 88.4 Å². The molecule has 0 aliphatic rings. The molecule has 0 saturated carbocycles. The average molecular weight is 563 g/mol. The van der Waals surface area contributed by atoms with Crippen LogP contribution in [0.5, 0.6) is 0 Å². The lowest BCUT2D eigenvalue weighted by molar-refractivity contribution is 0.631. The van der Waals surface area contributed by atoms with E-state index in [2.05, 4.69) is 121 Å². The molecule has 0 fully saturated rings. The lowest BCUT2D eigenvalue weighted by Crippen LogP contribution is -1.91. The molecule has 0 bridgehead atoms. The first kappa shape index (κ1) is 24.7. The van der Waals surface area contributed by atoms with Crippen molar-refractivity contribution in [2.45, 2.75) is 0 Å². The van der Waals surface area contributed by atoms with E-state index >= 15 is 0 Å². The zero-order valence-corrected chi connectivity index (χ0v) is 23.8. The fourth-order valence-electron chi connectivity index (χ4n) is 6.63. The van der Waals surface area contributed by atoms with Crippen molar-refractivity contribution in [2.24, 2.45) is 0 Å². The third-order valence-corrected chi connectivity index (χ3v) is 8.68. The maximum absolute atomic E-state index is 6.25. The van der Waals surface area contributed by atoms with Gasteiger partial charge in [-0.05, 0) is 74.1 Å². The summed E-state index contributed by atoms with van der Waals surface area (Å²) in [6.07, 6.45) is 0. The van der Waals surface area contributed by atoms with Crippen LogP contribution in [-0.4, -0.2) is 0 Å². The molecule has 2 aromatic heterocycles. The van der Waals surface area contributed by atoms with E-state index in [4.69, 9.17) is 8.83 Å². The topological polar surface area (TPSA) is 26.3 Å². The second kappa shape index (κ2) is 9.86. The third kappa shape index (κ3) is 3.96. The number of para-hydroxylation sites is 2. The summed E-state index contributed by atoms with van der Waals surface area (Å²) in [5.41, 5.74) is 8.76. The Kier molecular flexibility index (Phi) is 5.54. The molecule has 0 aliphatic carbocycles. The van der Waals surface area contributed by atoms with Gasteiger partial charge in [0.25, 0.3) is 0 Å². The molecule has 0 N–H and O–H groups in total. The summed E-state index contributed by atoms with van der Waals surface area (Å²) in [5, 5.41) is 7.13. The van der Waals surface area contributed by atoms with Crippen LogP contribution in [-0.2, 0) is 0 Å². The highest BCUT2D eigenvalue weighted by Gasteiger charge is 2.18. The molecule has 0 saturated heterocycles. The van der Waals surface area contributed by atoms with Crippen molar-refractivity contribution in [3.8, 4) is 44.9 Å². The lowest BCUT2D eigenvalue weighted by Gasteiger charge is -2.18. The molecule has 2 heterocycles. The summed E-state index contributed by atoms with van der Waals surface area (Å²) in [7, 11) is 0. The van der Waals surface area contributed by atoms with Crippen molar-refractivity contribution >= 4 is 43.5 Å². The first-order valence-electron chi connectivity index (χ1n) is 14.9. The highest BCUT2D eigenvalue weighted by atomic mass is 16.3. The average Bonchev–Trinajstić information content (AvgIpc) is 3.72. The minimum absolute atomic E-state index is 0.878. The smallest absolute Gasteiger partial charge is 0.135 e. The number of hydrogen-bond donors (Lipinski definition) is 0. The van der Waals surface area contributed by atoms with E-state index in [1.165, 1.54) is 43.8 Å². The summed E-state index contributed by atoms with van der Waals surface area (Å²) >= 11 is 0. The zero-order valence-electron chi connectivity index (χ0n) is 23.8. The van der Waals surface area contributed by atoms with Crippen LogP contribution in [0.2, 0.25) is 0 Å². The first-order valence-corrected chi connectivity index (χ1v) is 14.9. The Morgan fingerprint density at radius 1 is 0.295 bits per heavy atom. The molecule has 0 unspecified atom stereocenters. The molecule has 2 nitrogen and oxygen atoms in total. The predicted molar refractivity (Wildman–Crippen MR) is 183 cm³/mol. The number of furan rings is 2. The molecule has 0 aliphatic heterocycles. The van der Waals surface area contributed by atoms with Gasteiger partial charge in [0.2, 0.25) is 0 Å².